The lowest BCUT2D eigenvalue weighted by Gasteiger charge is -2.10. The lowest BCUT2D eigenvalue weighted by molar-refractivity contribution is -0.118. The number of methoxy groups -OCH3 is 1. The number of esters is 1. The number of aromatic nitrogens is 4. The van der Waals surface area contributed by atoms with Crippen molar-refractivity contribution >= 4 is 41.5 Å². The molecule has 0 saturated carbocycles. The summed E-state index contributed by atoms with van der Waals surface area (Å²) in [6, 6.07) is 17.6. The Labute approximate surface area is 210 Å². The number of halogens is 1. The third-order valence-corrected chi connectivity index (χ3v) is 5.90. The van der Waals surface area contributed by atoms with Crippen molar-refractivity contribution in [2.24, 2.45) is 5.10 Å². The van der Waals surface area contributed by atoms with Crippen molar-refractivity contribution in [3.05, 3.63) is 89.2 Å². The van der Waals surface area contributed by atoms with Gasteiger partial charge in [-0.3, -0.25) is 14.3 Å². The molecule has 4 aromatic rings. The van der Waals surface area contributed by atoms with Crippen LogP contribution in [0.1, 0.15) is 15.9 Å². The maximum Gasteiger partial charge on any atom is 0.337 e. The molecule has 0 aliphatic heterocycles. The van der Waals surface area contributed by atoms with Crippen LogP contribution in [0.3, 0.4) is 0 Å². The van der Waals surface area contributed by atoms with Crippen molar-refractivity contribution < 1.29 is 14.3 Å². The lowest BCUT2D eigenvalue weighted by Crippen LogP contribution is -2.20. The van der Waals surface area contributed by atoms with E-state index in [0.717, 1.165) is 16.8 Å². The van der Waals surface area contributed by atoms with Crippen LogP contribution in [0.15, 0.2) is 83.3 Å². The van der Waals surface area contributed by atoms with E-state index in [-0.39, 0.29) is 11.7 Å². The fourth-order valence-corrected chi connectivity index (χ4v) is 3.91. The van der Waals surface area contributed by atoms with Gasteiger partial charge < -0.3 is 4.74 Å². The molecule has 0 saturated heterocycles. The predicted molar refractivity (Wildman–Crippen MR) is 134 cm³/mol. The Morgan fingerprint density at radius 1 is 1.06 bits per heavy atom. The number of hydrogen-bond acceptors (Lipinski definition) is 8. The van der Waals surface area contributed by atoms with E-state index in [2.05, 4.69) is 30.4 Å². The van der Waals surface area contributed by atoms with Crippen LogP contribution in [0.25, 0.3) is 17.1 Å². The first-order valence-corrected chi connectivity index (χ1v) is 11.7. The molecule has 35 heavy (non-hydrogen) atoms. The number of carbonyl (C=O) groups excluding carboxylic acids is 2. The number of nitrogens with zero attached hydrogens (tertiary/aromatic N) is 5. The lowest BCUT2D eigenvalue weighted by atomic mass is 10.1. The van der Waals surface area contributed by atoms with Gasteiger partial charge in [-0.25, -0.2) is 10.2 Å². The second-order valence-corrected chi connectivity index (χ2v) is 8.43. The Morgan fingerprint density at radius 3 is 2.46 bits per heavy atom. The number of hydrogen-bond donors (Lipinski definition) is 1. The summed E-state index contributed by atoms with van der Waals surface area (Å²) in [5.74, 6) is -0.0438. The Hall–Kier alpha value is -4.02. The molecule has 0 spiro atoms. The summed E-state index contributed by atoms with van der Waals surface area (Å²) in [6.07, 6.45) is 4.84. The summed E-state index contributed by atoms with van der Waals surface area (Å²) in [5.41, 5.74) is 5.28. The molecule has 0 radical (unpaired) electrons. The standard InChI is InChI=1S/C24H19ClN6O3S/c1-34-23(33)18-4-2-16(3-5-18)14-27-28-21(32)15-35-24-30-29-22(17-10-12-26-13-11-17)31(24)20-8-6-19(25)7-9-20/h2-14H,15H2,1H3,(H,28,32)/b27-14+. The number of thioether (sulfide) groups is 1. The van der Waals surface area contributed by atoms with Gasteiger partial charge in [0.2, 0.25) is 0 Å². The van der Waals surface area contributed by atoms with Gasteiger partial charge in [0.05, 0.1) is 24.6 Å². The largest absolute Gasteiger partial charge is 0.465 e. The van der Waals surface area contributed by atoms with Gasteiger partial charge in [0.1, 0.15) is 0 Å². The second-order valence-electron chi connectivity index (χ2n) is 7.05. The van der Waals surface area contributed by atoms with Gasteiger partial charge in [0.15, 0.2) is 11.0 Å². The van der Waals surface area contributed by atoms with Crippen LogP contribution < -0.4 is 5.43 Å². The topological polar surface area (TPSA) is 111 Å². The SMILES string of the molecule is COC(=O)c1ccc(/C=N/NC(=O)CSc2nnc(-c3ccncc3)n2-c2ccc(Cl)cc2)cc1. The van der Waals surface area contributed by atoms with Crippen molar-refractivity contribution in [1.29, 1.82) is 0 Å². The Bertz CT molecular complexity index is 1340. The van der Waals surface area contributed by atoms with Crippen molar-refractivity contribution in [2.45, 2.75) is 5.16 Å². The molecule has 4 rings (SSSR count). The van der Waals surface area contributed by atoms with Crippen molar-refractivity contribution in [3.63, 3.8) is 0 Å². The molecule has 9 nitrogen and oxygen atoms in total. The fraction of sp³-hybridized carbons (Fsp3) is 0.0833. The first-order chi connectivity index (χ1) is 17.0. The molecular formula is C24H19ClN6O3S. The van der Waals surface area contributed by atoms with Gasteiger partial charge >= 0.3 is 5.97 Å². The first kappa shape index (κ1) is 24.1. The van der Waals surface area contributed by atoms with Crippen LogP contribution in [0, 0.1) is 0 Å². The number of hydrazone groups is 1. The van der Waals surface area contributed by atoms with Gasteiger partial charge in [-0.15, -0.1) is 10.2 Å². The molecular weight excluding hydrogens is 488 g/mol. The average molecular weight is 507 g/mol. The summed E-state index contributed by atoms with van der Waals surface area (Å²) in [4.78, 5) is 27.9. The Balaban J connectivity index is 1.44. The minimum atomic E-state index is -0.419. The summed E-state index contributed by atoms with van der Waals surface area (Å²) in [6.45, 7) is 0. The zero-order valence-electron chi connectivity index (χ0n) is 18.5. The van der Waals surface area contributed by atoms with E-state index in [9.17, 15) is 9.59 Å². The molecule has 0 bridgehead atoms. The summed E-state index contributed by atoms with van der Waals surface area (Å²) >= 11 is 7.28. The predicted octanol–water partition coefficient (Wildman–Crippen LogP) is 4.01. The van der Waals surface area contributed by atoms with E-state index < -0.39 is 5.97 Å². The van der Waals surface area contributed by atoms with E-state index in [1.54, 1.807) is 48.8 Å². The minimum Gasteiger partial charge on any atom is -0.465 e. The van der Waals surface area contributed by atoms with Crippen molar-refractivity contribution in [2.75, 3.05) is 12.9 Å². The van der Waals surface area contributed by atoms with Gasteiger partial charge in [-0.1, -0.05) is 35.5 Å². The molecule has 2 aromatic carbocycles. The zero-order valence-corrected chi connectivity index (χ0v) is 20.0. The third-order valence-electron chi connectivity index (χ3n) is 4.72. The first-order valence-electron chi connectivity index (χ1n) is 10.3. The molecule has 0 unspecified atom stereocenters. The van der Waals surface area contributed by atoms with E-state index >= 15 is 0 Å². The third kappa shape index (κ3) is 6.11. The molecule has 0 aliphatic carbocycles. The van der Waals surface area contributed by atoms with Crippen LogP contribution in [0.2, 0.25) is 5.02 Å². The van der Waals surface area contributed by atoms with E-state index in [1.807, 2.05) is 28.8 Å². The summed E-state index contributed by atoms with van der Waals surface area (Å²) < 4.78 is 6.53. The van der Waals surface area contributed by atoms with Gasteiger partial charge in [-0.05, 0) is 54.1 Å². The summed E-state index contributed by atoms with van der Waals surface area (Å²) in [5, 5.41) is 13.7. The van der Waals surface area contributed by atoms with E-state index in [1.165, 1.54) is 25.1 Å². The molecule has 2 heterocycles. The number of nitrogens with one attached hydrogen (secondary N) is 1. The highest BCUT2D eigenvalue weighted by Gasteiger charge is 2.17. The molecule has 0 fully saturated rings. The highest BCUT2D eigenvalue weighted by molar-refractivity contribution is 7.99. The normalized spacial score (nSPS) is 10.9. The van der Waals surface area contributed by atoms with Crippen molar-refractivity contribution in [3.8, 4) is 17.1 Å². The fourth-order valence-electron chi connectivity index (χ4n) is 3.04. The van der Waals surface area contributed by atoms with E-state index in [0.29, 0.717) is 21.6 Å². The maximum absolute atomic E-state index is 12.4. The smallest absolute Gasteiger partial charge is 0.337 e. The monoisotopic (exact) mass is 506 g/mol. The van der Waals surface area contributed by atoms with Crippen molar-refractivity contribution in [1.82, 2.24) is 25.2 Å². The quantitative estimate of drug-likeness (QED) is 0.166. The number of ether oxygens (including phenoxy) is 1. The van der Waals surface area contributed by atoms with E-state index in [4.69, 9.17) is 11.6 Å². The average Bonchev–Trinajstić information content (AvgIpc) is 3.32. The van der Waals surface area contributed by atoms with Gasteiger partial charge in [0.25, 0.3) is 5.91 Å². The highest BCUT2D eigenvalue weighted by atomic mass is 35.5. The second kappa shape index (κ2) is 11.4. The number of carbonyl (C=O) groups is 2. The Morgan fingerprint density at radius 2 is 1.77 bits per heavy atom. The van der Waals surface area contributed by atoms with Crippen LogP contribution in [-0.2, 0) is 9.53 Å². The molecule has 2 aromatic heterocycles. The number of benzene rings is 2. The molecule has 176 valence electrons. The zero-order chi connectivity index (χ0) is 24.6. The number of pyridine rings is 1. The van der Waals surface area contributed by atoms with Crippen LogP contribution >= 0.6 is 23.4 Å². The van der Waals surface area contributed by atoms with Crippen LogP contribution in [-0.4, -0.2) is 50.7 Å². The maximum atomic E-state index is 12.4. The molecule has 1 N–H and O–H groups in total. The molecule has 11 heteroatoms. The Kier molecular flexibility index (Phi) is 7.86. The number of rotatable bonds is 8. The summed E-state index contributed by atoms with van der Waals surface area (Å²) in [7, 11) is 1.32. The molecule has 0 aliphatic rings. The molecule has 0 atom stereocenters. The van der Waals surface area contributed by atoms with Crippen LogP contribution in [0.5, 0.6) is 0 Å². The van der Waals surface area contributed by atoms with Gasteiger partial charge in [-0.2, -0.15) is 5.10 Å². The number of amides is 1. The highest BCUT2D eigenvalue weighted by Crippen LogP contribution is 2.28. The molecule has 1 amide bonds. The van der Waals surface area contributed by atoms with Crippen LogP contribution in [0.4, 0.5) is 0 Å². The van der Waals surface area contributed by atoms with Gasteiger partial charge in [0, 0.05) is 28.7 Å². The minimum absolute atomic E-state index is 0.0701.